The summed E-state index contributed by atoms with van der Waals surface area (Å²) in [6.07, 6.45) is 2.48. The minimum absolute atomic E-state index is 0.0300. The molecule has 1 aliphatic rings. The van der Waals surface area contributed by atoms with E-state index in [1.54, 1.807) is 6.07 Å². The molecule has 2 unspecified atom stereocenters. The largest absolute Gasteiger partial charge is 0.364 e. The topological polar surface area (TPSA) is 46.3 Å². The number of hydrogen-bond acceptors (Lipinski definition) is 3. The van der Waals surface area contributed by atoms with Crippen molar-refractivity contribution >= 4 is 21.8 Å². The Morgan fingerprint density at radius 3 is 3.20 bits per heavy atom. The quantitative estimate of drug-likeness (QED) is 0.773. The van der Waals surface area contributed by atoms with Gasteiger partial charge >= 0.3 is 0 Å². The first kappa shape index (κ1) is 10.7. The van der Waals surface area contributed by atoms with Crippen LogP contribution in [0.4, 0.5) is 0 Å². The molecule has 2 atom stereocenters. The number of likely N-dealkylation sites (tertiary alicyclic amines) is 1. The molecule has 0 saturated carbocycles. The minimum Gasteiger partial charge on any atom is -0.364 e. The average Bonchev–Trinajstić information content (AvgIpc) is 2.85. The van der Waals surface area contributed by atoms with E-state index in [9.17, 15) is 4.79 Å². The molecule has 0 aliphatic carbocycles. The Labute approximate surface area is 96.7 Å². The number of rotatable bonds is 2. The van der Waals surface area contributed by atoms with Gasteiger partial charge in [-0.2, -0.15) is 0 Å². The Balaban J connectivity index is 2.14. The van der Waals surface area contributed by atoms with Crippen LogP contribution < -0.4 is 0 Å². The zero-order valence-electron chi connectivity index (χ0n) is 8.52. The van der Waals surface area contributed by atoms with Crippen molar-refractivity contribution < 1.29 is 9.32 Å². The molecule has 2 rings (SSSR count). The summed E-state index contributed by atoms with van der Waals surface area (Å²) in [5.41, 5.74) is 0.398. The maximum atomic E-state index is 12.0. The number of aromatic nitrogens is 1. The predicted molar refractivity (Wildman–Crippen MR) is 58.9 cm³/mol. The third kappa shape index (κ3) is 1.93. The van der Waals surface area contributed by atoms with E-state index in [2.05, 4.69) is 32.5 Å². The number of carbonyl (C=O) groups excluding carboxylic acids is 1. The van der Waals surface area contributed by atoms with Gasteiger partial charge in [0.25, 0.3) is 5.91 Å². The second-order valence-electron chi connectivity index (χ2n) is 3.87. The Morgan fingerprint density at radius 2 is 2.60 bits per heavy atom. The van der Waals surface area contributed by atoms with Crippen LogP contribution in [-0.2, 0) is 0 Å². The molecule has 1 aliphatic heterocycles. The van der Waals surface area contributed by atoms with Crippen LogP contribution in [0.15, 0.2) is 16.9 Å². The number of nitrogens with zero attached hydrogens (tertiary/aromatic N) is 2. The monoisotopic (exact) mass is 272 g/mol. The minimum atomic E-state index is -0.0300. The standard InChI is InChI=1S/C10H13BrN2O2/c1-7-2-4-13(9(7)6-11)10(14)8-3-5-15-12-8/h3,5,7,9H,2,4,6H2,1H3. The van der Waals surface area contributed by atoms with Crippen LogP contribution in [0.1, 0.15) is 23.8 Å². The molecule has 2 heterocycles. The van der Waals surface area contributed by atoms with Gasteiger partial charge in [-0.25, -0.2) is 0 Å². The number of amides is 1. The van der Waals surface area contributed by atoms with Crippen LogP contribution in [-0.4, -0.2) is 33.9 Å². The maximum absolute atomic E-state index is 12.0. The number of halogens is 1. The zero-order valence-corrected chi connectivity index (χ0v) is 10.1. The van der Waals surface area contributed by atoms with Crippen LogP contribution >= 0.6 is 15.9 Å². The molecule has 0 aromatic carbocycles. The third-order valence-corrected chi connectivity index (χ3v) is 3.62. The van der Waals surface area contributed by atoms with Gasteiger partial charge in [0.1, 0.15) is 6.26 Å². The summed E-state index contributed by atoms with van der Waals surface area (Å²) in [4.78, 5) is 13.9. The molecule has 0 spiro atoms. The fourth-order valence-electron chi connectivity index (χ4n) is 1.97. The molecule has 4 nitrogen and oxygen atoms in total. The van der Waals surface area contributed by atoms with E-state index in [4.69, 9.17) is 0 Å². The third-order valence-electron chi connectivity index (χ3n) is 2.96. The van der Waals surface area contributed by atoms with E-state index >= 15 is 0 Å². The molecule has 0 N–H and O–H groups in total. The van der Waals surface area contributed by atoms with Crippen molar-refractivity contribution in [1.29, 1.82) is 0 Å². The summed E-state index contributed by atoms with van der Waals surface area (Å²) >= 11 is 3.45. The first-order chi connectivity index (χ1) is 7.24. The Morgan fingerprint density at radius 1 is 1.80 bits per heavy atom. The van der Waals surface area contributed by atoms with Gasteiger partial charge in [-0.3, -0.25) is 4.79 Å². The van der Waals surface area contributed by atoms with Gasteiger partial charge in [-0.1, -0.05) is 28.0 Å². The molecular formula is C10H13BrN2O2. The van der Waals surface area contributed by atoms with Crippen molar-refractivity contribution in [3.63, 3.8) is 0 Å². The number of carbonyl (C=O) groups is 1. The van der Waals surface area contributed by atoms with Gasteiger partial charge in [0, 0.05) is 24.0 Å². The summed E-state index contributed by atoms with van der Waals surface area (Å²) in [5.74, 6) is 0.512. The van der Waals surface area contributed by atoms with Gasteiger partial charge in [-0.15, -0.1) is 0 Å². The second-order valence-corrected chi connectivity index (χ2v) is 4.52. The van der Waals surface area contributed by atoms with E-state index in [0.29, 0.717) is 11.6 Å². The van der Waals surface area contributed by atoms with Crippen molar-refractivity contribution in [3.8, 4) is 0 Å². The Bertz CT molecular complexity index is 339. The van der Waals surface area contributed by atoms with Crippen molar-refractivity contribution in [2.75, 3.05) is 11.9 Å². The van der Waals surface area contributed by atoms with Crippen LogP contribution in [0.2, 0.25) is 0 Å². The van der Waals surface area contributed by atoms with Gasteiger partial charge < -0.3 is 9.42 Å². The van der Waals surface area contributed by atoms with Crippen LogP contribution in [0.3, 0.4) is 0 Å². The van der Waals surface area contributed by atoms with Crippen molar-refractivity contribution in [2.45, 2.75) is 19.4 Å². The van der Waals surface area contributed by atoms with Crippen molar-refractivity contribution in [1.82, 2.24) is 10.1 Å². The molecular weight excluding hydrogens is 260 g/mol. The lowest BCUT2D eigenvalue weighted by Crippen LogP contribution is -2.38. The molecule has 1 amide bonds. The first-order valence-electron chi connectivity index (χ1n) is 5.01. The van der Waals surface area contributed by atoms with Gasteiger partial charge in [0.2, 0.25) is 0 Å². The van der Waals surface area contributed by atoms with Gasteiger partial charge in [0.15, 0.2) is 5.69 Å². The summed E-state index contributed by atoms with van der Waals surface area (Å²) in [5, 5.41) is 4.49. The lowest BCUT2D eigenvalue weighted by molar-refractivity contribution is 0.0728. The molecule has 82 valence electrons. The molecule has 1 fully saturated rings. The highest BCUT2D eigenvalue weighted by molar-refractivity contribution is 9.09. The second kappa shape index (κ2) is 4.35. The number of alkyl halides is 1. The first-order valence-corrected chi connectivity index (χ1v) is 6.13. The van der Waals surface area contributed by atoms with Crippen LogP contribution in [0.5, 0.6) is 0 Å². The highest BCUT2D eigenvalue weighted by Crippen LogP contribution is 2.26. The summed E-state index contributed by atoms with van der Waals surface area (Å²) in [6.45, 7) is 2.98. The molecule has 1 saturated heterocycles. The van der Waals surface area contributed by atoms with Gasteiger partial charge in [-0.05, 0) is 12.3 Å². The molecule has 1 aromatic rings. The fraction of sp³-hybridized carbons (Fsp3) is 0.600. The predicted octanol–water partition coefficient (Wildman–Crippen LogP) is 1.92. The van der Waals surface area contributed by atoms with E-state index in [-0.39, 0.29) is 11.9 Å². The molecule has 15 heavy (non-hydrogen) atoms. The molecule has 0 bridgehead atoms. The lowest BCUT2D eigenvalue weighted by Gasteiger charge is -2.24. The molecule has 5 heteroatoms. The van der Waals surface area contributed by atoms with E-state index in [1.807, 2.05) is 4.90 Å². The summed E-state index contributed by atoms with van der Waals surface area (Å²) < 4.78 is 4.68. The van der Waals surface area contributed by atoms with E-state index in [0.717, 1.165) is 18.3 Å². The maximum Gasteiger partial charge on any atom is 0.276 e. The van der Waals surface area contributed by atoms with E-state index < -0.39 is 0 Å². The molecule has 1 aromatic heterocycles. The number of hydrogen-bond donors (Lipinski definition) is 0. The zero-order chi connectivity index (χ0) is 10.8. The lowest BCUT2D eigenvalue weighted by atomic mass is 10.1. The Kier molecular flexibility index (Phi) is 3.09. The Hall–Kier alpha value is -0.840. The normalized spacial score (nSPS) is 25.9. The smallest absolute Gasteiger partial charge is 0.276 e. The van der Waals surface area contributed by atoms with Gasteiger partial charge in [0.05, 0.1) is 0 Å². The highest BCUT2D eigenvalue weighted by Gasteiger charge is 2.34. The fourth-order valence-corrected chi connectivity index (χ4v) is 2.95. The highest BCUT2D eigenvalue weighted by atomic mass is 79.9. The van der Waals surface area contributed by atoms with Crippen molar-refractivity contribution in [3.05, 3.63) is 18.0 Å². The van der Waals surface area contributed by atoms with Crippen molar-refractivity contribution in [2.24, 2.45) is 5.92 Å². The summed E-state index contributed by atoms with van der Waals surface area (Å²) in [7, 11) is 0. The molecule has 0 radical (unpaired) electrons. The summed E-state index contributed by atoms with van der Waals surface area (Å²) in [6, 6.07) is 1.88. The SMILES string of the molecule is CC1CCN(C(=O)c2ccon2)C1CBr. The van der Waals surface area contributed by atoms with E-state index in [1.165, 1.54) is 6.26 Å². The van der Waals surface area contributed by atoms with Crippen LogP contribution in [0.25, 0.3) is 0 Å². The van der Waals surface area contributed by atoms with Crippen LogP contribution in [0, 0.1) is 5.92 Å². The average molecular weight is 273 g/mol.